The molecular weight excluding hydrogens is 348 g/mol. The first kappa shape index (κ1) is 17.0. The minimum Gasteiger partial charge on any atom is -0.351 e. The van der Waals surface area contributed by atoms with Gasteiger partial charge in [0.1, 0.15) is 5.69 Å². The van der Waals surface area contributed by atoms with Crippen LogP contribution in [0.5, 0.6) is 0 Å². The molecule has 2 aromatic carbocycles. The van der Waals surface area contributed by atoms with Crippen LogP contribution in [0.2, 0.25) is 0 Å². The van der Waals surface area contributed by atoms with Gasteiger partial charge in [-0.25, -0.2) is 0 Å². The summed E-state index contributed by atoms with van der Waals surface area (Å²) >= 11 is 0. The van der Waals surface area contributed by atoms with Crippen LogP contribution in [0.1, 0.15) is 34.5 Å². The second kappa shape index (κ2) is 6.82. The van der Waals surface area contributed by atoms with Gasteiger partial charge in [-0.05, 0) is 55.9 Å². The van der Waals surface area contributed by atoms with E-state index in [2.05, 4.69) is 46.4 Å². The van der Waals surface area contributed by atoms with Crippen molar-refractivity contribution < 1.29 is 4.79 Å². The van der Waals surface area contributed by atoms with Crippen molar-refractivity contribution in [2.75, 3.05) is 13.1 Å². The summed E-state index contributed by atoms with van der Waals surface area (Å²) in [5.74, 6) is 0.752. The third kappa shape index (κ3) is 3.07. The zero-order valence-corrected chi connectivity index (χ0v) is 16.0. The molecule has 3 heterocycles. The zero-order valence-electron chi connectivity index (χ0n) is 16.0. The number of rotatable bonds is 3. The van der Waals surface area contributed by atoms with Crippen LogP contribution in [0, 0.1) is 12.8 Å². The molecular formula is C23H24N4O. The lowest BCUT2D eigenvalue weighted by Crippen LogP contribution is -2.39. The number of nitrogens with zero attached hydrogens (tertiary/aromatic N) is 2. The van der Waals surface area contributed by atoms with Crippen LogP contribution in [0.25, 0.3) is 21.8 Å². The number of carbonyl (C=O) groups excluding carboxylic acids is 1. The summed E-state index contributed by atoms with van der Waals surface area (Å²) in [6.45, 7) is 3.77. The predicted octanol–water partition coefficient (Wildman–Crippen LogP) is 4.45. The number of likely N-dealkylation sites (tertiary alicyclic amines) is 1. The van der Waals surface area contributed by atoms with E-state index in [9.17, 15) is 4.79 Å². The highest BCUT2D eigenvalue weighted by Gasteiger charge is 2.25. The summed E-state index contributed by atoms with van der Waals surface area (Å²) in [6.07, 6.45) is 5.04. The number of fused-ring (bicyclic) bond motifs is 3. The van der Waals surface area contributed by atoms with Gasteiger partial charge in [0, 0.05) is 29.4 Å². The van der Waals surface area contributed by atoms with Gasteiger partial charge in [0.25, 0.3) is 5.91 Å². The molecule has 1 amide bonds. The van der Waals surface area contributed by atoms with E-state index in [0.29, 0.717) is 11.6 Å². The van der Waals surface area contributed by atoms with Crippen molar-refractivity contribution in [3.63, 3.8) is 0 Å². The molecule has 0 atom stereocenters. The highest BCUT2D eigenvalue weighted by Crippen LogP contribution is 2.27. The Bertz CT molecular complexity index is 1130. The summed E-state index contributed by atoms with van der Waals surface area (Å²) in [7, 11) is 0. The molecule has 5 heteroatoms. The number of H-pyrrole nitrogens is 2. The Kier molecular flexibility index (Phi) is 4.15. The molecule has 1 fully saturated rings. The number of hydrogen-bond acceptors (Lipinski definition) is 2. The van der Waals surface area contributed by atoms with Crippen molar-refractivity contribution in [3.8, 4) is 0 Å². The number of benzene rings is 2. The number of piperidine rings is 1. The summed E-state index contributed by atoms with van der Waals surface area (Å²) in [5, 5.41) is 9.18. The summed E-state index contributed by atoms with van der Waals surface area (Å²) < 4.78 is 0. The molecule has 142 valence electrons. The molecule has 0 bridgehead atoms. The first-order valence-electron chi connectivity index (χ1n) is 9.97. The number of amides is 1. The fourth-order valence-electron chi connectivity index (χ4n) is 4.31. The van der Waals surface area contributed by atoms with Crippen LogP contribution in [-0.2, 0) is 6.42 Å². The van der Waals surface area contributed by atoms with E-state index in [-0.39, 0.29) is 5.91 Å². The highest BCUT2D eigenvalue weighted by atomic mass is 16.2. The van der Waals surface area contributed by atoms with Gasteiger partial charge in [-0.3, -0.25) is 9.89 Å². The molecule has 1 aliphatic rings. The molecule has 0 radical (unpaired) electrons. The van der Waals surface area contributed by atoms with Gasteiger partial charge in [-0.15, -0.1) is 0 Å². The van der Waals surface area contributed by atoms with Crippen LogP contribution < -0.4 is 0 Å². The van der Waals surface area contributed by atoms with E-state index in [1.807, 2.05) is 29.3 Å². The molecule has 0 spiro atoms. The Morgan fingerprint density at radius 2 is 1.82 bits per heavy atom. The van der Waals surface area contributed by atoms with Gasteiger partial charge >= 0.3 is 0 Å². The third-order valence-corrected chi connectivity index (χ3v) is 6.00. The van der Waals surface area contributed by atoms with Gasteiger partial charge in [0.2, 0.25) is 0 Å². The lowest BCUT2D eigenvalue weighted by Gasteiger charge is -2.31. The Morgan fingerprint density at radius 3 is 2.61 bits per heavy atom. The molecule has 28 heavy (non-hydrogen) atoms. The average Bonchev–Trinajstić information content (AvgIpc) is 3.36. The van der Waals surface area contributed by atoms with E-state index < -0.39 is 0 Å². The fraction of sp³-hybridized carbons (Fsp3) is 0.304. The first-order valence-corrected chi connectivity index (χ1v) is 9.97. The van der Waals surface area contributed by atoms with Crippen LogP contribution in [0.15, 0.2) is 48.7 Å². The minimum atomic E-state index is 0.0987. The molecule has 5 nitrogen and oxygen atoms in total. The number of hydrogen-bond donors (Lipinski definition) is 2. The highest BCUT2D eigenvalue weighted by molar-refractivity contribution is 6.08. The molecule has 1 saturated heterocycles. The monoisotopic (exact) mass is 372 g/mol. The van der Waals surface area contributed by atoms with Crippen LogP contribution in [-0.4, -0.2) is 39.1 Å². The van der Waals surface area contributed by atoms with Crippen molar-refractivity contribution in [2.24, 2.45) is 5.92 Å². The van der Waals surface area contributed by atoms with Gasteiger partial charge in [0.05, 0.1) is 11.7 Å². The average molecular weight is 372 g/mol. The summed E-state index contributed by atoms with van der Waals surface area (Å²) in [5.41, 5.74) is 5.33. The quantitative estimate of drug-likeness (QED) is 0.558. The van der Waals surface area contributed by atoms with Gasteiger partial charge in [-0.2, -0.15) is 5.10 Å². The normalized spacial score (nSPS) is 15.5. The van der Waals surface area contributed by atoms with Crippen molar-refractivity contribution in [2.45, 2.75) is 26.2 Å². The Balaban J connectivity index is 1.28. The topological polar surface area (TPSA) is 64.8 Å². The maximum absolute atomic E-state index is 13.0. The standard InChI is InChI=1S/C23H24N4O/c1-15-2-4-16(5-3-15)12-17-8-10-27(11-9-17)23(28)22-13-18-19-14-24-26-21(19)7-6-20(18)25-22/h2-7,13-14,17,25H,8-12H2,1H3,(H,24,26). The number of aryl methyl sites for hydroxylation is 1. The van der Waals surface area contributed by atoms with Gasteiger partial charge in [-0.1, -0.05) is 29.8 Å². The van der Waals surface area contributed by atoms with Gasteiger partial charge < -0.3 is 9.88 Å². The molecule has 0 unspecified atom stereocenters. The van der Waals surface area contributed by atoms with E-state index in [1.165, 1.54) is 11.1 Å². The Labute approximate surface area is 163 Å². The minimum absolute atomic E-state index is 0.0987. The van der Waals surface area contributed by atoms with Crippen molar-refractivity contribution in [3.05, 3.63) is 65.5 Å². The van der Waals surface area contributed by atoms with Crippen molar-refractivity contribution in [1.82, 2.24) is 20.1 Å². The molecule has 1 aliphatic heterocycles. The maximum Gasteiger partial charge on any atom is 0.270 e. The van der Waals surface area contributed by atoms with E-state index in [0.717, 1.165) is 54.2 Å². The lowest BCUT2D eigenvalue weighted by atomic mass is 9.90. The Hall–Kier alpha value is -3.08. The number of aromatic amines is 2. The lowest BCUT2D eigenvalue weighted by molar-refractivity contribution is 0.0685. The van der Waals surface area contributed by atoms with Crippen molar-refractivity contribution in [1.29, 1.82) is 0 Å². The summed E-state index contributed by atoms with van der Waals surface area (Å²) in [6, 6.07) is 14.8. The van der Waals surface area contributed by atoms with Crippen LogP contribution in [0.3, 0.4) is 0 Å². The molecule has 2 aromatic heterocycles. The number of nitrogens with one attached hydrogen (secondary N) is 2. The predicted molar refractivity (Wildman–Crippen MR) is 111 cm³/mol. The second-order valence-corrected chi connectivity index (χ2v) is 7.97. The fourth-order valence-corrected chi connectivity index (χ4v) is 4.31. The summed E-state index contributed by atoms with van der Waals surface area (Å²) in [4.78, 5) is 18.3. The van der Waals surface area contributed by atoms with Crippen molar-refractivity contribution >= 4 is 27.7 Å². The van der Waals surface area contributed by atoms with E-state index in [1.54, 1.807) is 0 Å². The molecule has 2 N–H and O–H groups in total. The smallest absolute Gasteiger partial charge is 0.270 e. The molecule has 5 rings (SSSR count). The first-order chi connectivity index (χ1) is 13.7. The van der Waals surface area contributed by atoms with E-state index in [4.69, 9.17) is 0 Å². The SMILES string of the molecule is Cc1ccc(CC2CCN(C(=O)c3cc4c(ccc5[nH]ncc54)[nH]3)CC2)cc1. The van der Waals surface area contributed by atoms with E-state index >= 15 is 0 Å². The number of carbonyl (C=O) groups is 1. The molecule has 4 aromatic rings. The number of aromatic nitrogens is 3. The Morgan fingerprint density at radius 1 is 1.07 bits per heavy atom. The zero-order chi connectivity index (χ0) is 19.1. The van der Waals surface area contributed by atoms with Crippen LogP contribution in [0.4, 0.5) is 0 Å². The largest absolute Gasteiger partial charge is 0.351 e. The molecule has 0 saturated carbocycles. The van der Waals surface area contributed by atoms with Gasteiger partial charge in [0.15, 0.2) is 0 Å². The van der Waals surface area contributed by atoms with Crippen LogP contribution >= 0.6 is 0 Å². The maximum atomic E-state index is 13.0. The molecule has 0 aliphatic carbocycles. The third-order valence-electron chi connectivity index (χ3n) is 6.00. The second-order valence-electron chi connectivity index (χ2n) is 7.97.